The van der Waals surface area contributed by atoms with E-state index in [1.54, 1.807) is 12.1 Å². The van der Waals surface area contributed by atoms with Crippen LogP contribution in [0.3, 0.4) is 0 Å². The van der Waals surface area contributed by atoms with Gasteiger partial charge in [0.25, 0.3) is 11.8 Å². The molecule has 0 radical (unpaired) electrons. The van der Waals surface area contributed by atoms with Crippen LogP contribution in [0, 0.1) is 0 Å². The number of hydrogen-bond donors (Lipinski definition) is 2. The molecule has 0 aliphatic heterocycles. The van der Waals surface area contributed by atoms with Crippen molar-refractivity contribution in [1.82, 2.24) is 15.8 Å². The highest BCUT2D eigenvalue weighted by Crippen LogP contribution is 1.99. The van der Waals surface area contributed by atoms with Crippen molar-refractivity contribution in [1.29, 1.82) is 0 Å². The van der Waals surface area contributed by atoms with Crippen molar-refractivity contribution in [3.63, 3.8) is 0 Å². The van der Waals surface area contributed by atoms with E-state index in [4.69, 9.17) is 23.2 Å². The van der Waals surface area contributed by atoms with Crippen LogP contribution in [0.4, 0.5) is 0 Å². The Morgan fingerprint density at radius 2 is 2.00 bits per heavy atom. The number of nitrogens with one attached hydrogen (secondary N) is 2. The minimum atomic E-state index is -1.23. The van der Waals surface area contributed by atoms with Crippen LogP contribution in [0.5, 0.6) is 0 Å². The standard InChI is InChI=1S/C8H7Cl2N3O2/c9-6(10)8(15)13-12-7(14)5-3-1-2-4-11-5/h1-4,6H,(H,12,14)(H,13,15). The van der Waals surface area contributed by atoms with E-state index < -0.39 is 16.7 Å². The molecule has 15 heavy (non-hydrogen) atoms. The zero-order valence-electron chi connectivity index (χ0n) is 7.41. The highest BCUT2D eigenvalue weighted by Gasteiger charge is 2.12. The summed E-state index contributed by atoms with van der Waals surface area (Å²) in [5.41, 5.74) is 4.33. The maximum atomic E-state index is 11.3. The number of pyridine rings is 1. The normalized spacial score (nSPS) is 9.80. The third-order valence-corrected chi connectivity index (χ3v) is 1.79. The molecule has 2 N–H and O–H groups in total. The molecule has 80 valence electrons. The van der Waals surface area contributed by atoms with Crippen LogP contribution in [0.2, 0.25) is 0 Å². The van der Waals surface area contributed by atoms with Crippen molar-refractivity contribution in [3.8, 4) is 0 Å². The second-order valence-electron chi connectivity index (χ2n) is 2.46. The summed E-state index contributed by atoms with van der Waals surface area (Å²) >= 11 is 10.5. The van der Waals surface area contributed by atoms with E-state index in [-0.39, 0.29) is 5.69 Å². The molecule has 0 aliphatic carbocycles. The molecular weight excluding hydrogens is 241 g/mol. The first-order valence-corrected chi connectivity index (χ1v) is 4.78. The average molecular weight is 248 g/mol. The largest absolute Gasteiger partial charge is 0.288 e. The van der Waals surface area contributed by atoms with Crippen molar-refractivity contribution in [2.24, 2.45) is 0 Å². The number of amides is 2. The van der Waals surface area contributed by atoms with E-state index in [2.05, 4.69) is 10.4 Å². The Hall–Kier alpha value is -1.33. The summed E-state index contributed by atoms with van der Waals surface area (Å²) in [6.07, 6.45) is 1.46. The van der Waals surface area contributed by atoms with Crippen LogP contribution >= 0.6 is 23.2 Å². The van der Waals surface area contributed by atoms with Gasteiger partial charge in [-0.3, -0.25) is 25.4 Å². The van der Waals surface area contributed by atoms with Gasteiger partial charge >= 0.3 is 0 Å². The molecule has 1 heterocycles. The number of nitrogens with zero attached hydrogens (tertiary/aromatic N) is 1. The Labute approximate surface area is 95.7 Å². The second-order valence-corrected chi connectivity index (χ2v) is 3.56. The van der Waals surface area contributed by atoms with Gasteiger partial charge < -0.3 is 0 Å². The maximum Gasteiger partial charge on any atom is 0.288 e. The molecule has 7 heteroatoms. The Bertz CT molecular complexity index is 356. The number of hydrazine groups is 1. The molecule has 0 saturated carbocycles. The van der Waals surface area contributed by atoms with Gasteiger partial charge in [0, 0.05) is 6.20 Å². The lowest BCUT2D eigenvalue weighted by Gasteiger charge is -2.06. The first-order valence-electron chi connectivity index (χ1n) is 3.90. The highest BCUT2D eigenvalue weighted by atomic mass is 35.5. The van der Waals surface area contributed by atoms with Crippen molar-refractivity contribution >= 4 is 35.0 Å². The molecule has 0 unspecified atom stereocenters. The van der Waals surface area contributed by atoms with Gasteiger partial charge in [-0.15, -0.1) is 0 Å². The smallest absolute Gasteiger partial charge is 0.270 e. The molecule has 0 aliphatic rings. The fourth-order valence-electron chi connectivity index (χ4n) is 0.734. The first-order chi connectivity index (χ1) is 7.11. The summed E-state index contributed by atoms with van der Waals surface area (Å²) in [5, 5.41) is 0. The molecule has 0 saturated heterocycles. The zero-order valence-corrected chi connectivity index (χ0v) is 8.92. The molecule has 0 atom stereocenters. The zero-order chi connectivity index (χ0) is 11.3. The quantitative estimate of drug-likeness (QED) is 0.596. The highest BCUT2D eigenvalue weighted by molar-refractivity contribution is 6.53. The second kappa shape index (κ2) is 5.53. The van der Waals surface area contributed by atoms with Crippen LogP contribution in [0.1, 0.15) is 10.5 Å². The van der Waals surface area contributed by atoms with Gasteiger partial charge in [-0.1, -0.05) is 29.3 Å². The van der Waals surface area contributed by atoms with Gasteiger partial charge in [-0.05, 0) is 12.1 Å². The fraction of sp³-hybridized carbons (Fsp3) is 0.125. The van der Waals surface area contributed by atoms with Crippen LogP contribution in [-0.4, -0.2) is 21.6 Å². The van der Waals surface area contributed by atoms with Gasteiger partial charge in [0.1, 0.15) is 5.69 Å². The van der Waals surface area contributed by atoms with E-state index in [1.807, 2.05) is 5.43 Å². The fourth-order valence-corrected chi connectivity index (χ4v) is 0.843. The molecular formula is C8H7Cl2N3O2. The Morgan fingerprint density at radius 3 is 2.53 bits per heavy atom. The van der Waals surface area contributed by atoms with E-state index >= 15 is 0 Å². The summed E-state index contributed by atoms with van der Waals surface area (Å²) in [5.74, 6) is -1.25. The SMILES string of the molecule is O=C(NNC(=O)C(Cl)Cl)c1ccccn1. The molecule has 0 fully saturated rings. The first kappa shape index (κ1) is 11.7. The van der Waals surface area contributed by atoms with E-state index in [0.717, 1.165) is 0 Å². The predicted octanol–water partition coefficient (Wildman–Crippen LogP) is 0.646. The molecule has 0 aromatic carbocycles. The number of halogens is 2. The summed E-state index contributed by atoms with van der Waals surface area (Å²) in [7, 11) is 0. The Morgan fingerprint density at radius 1 is 1.27 bits per heavy atom. The van der Waals surface area contributed by atoms with Gasteiger partial charge in [0.05, 0.1) is 0 Å². The van der Waals surface area contributed by atoms with Gasteiger partial charge in [-0.25, -0.2) is 0 Å². The molecule has 2 amide bonds. The van der Waals surface area contributed by atoms with Crippen molar-refractivity contribution in [2.45, 2.75) is 4.84 Å². The van der Waals surface area contributed by atoms with E-state index in [9.17, 15) is 9.59 Å². The minimum Gasteiger partial charge on any atom is -0.270 e. The van der Waals surface area contributed by atoms with Crippen molar-refractivity contribution in [2.75, 3.05) is 0 Å². The van der Waals surface area contributed by atoms with Crippen LogP contribution in [0.15, 0.2) is 24.4 Å². The number of aromatic nitrogens is 1. The molecule has 0 bridgehead atoms. The monoisotopic (exact) mass is 247 g/mol. The Balaban J connectivity index is 2.48. The third-order valence-electron chi connectivity index (χ3n) is 1.39. The van der Waals surface area contributed by atoms with Crippen LogP contribution < -0.4 is 10.9 Å². The lowest BCUT2D eigenvalue weighted by atomic mass is 10.3. The maximum absolute atomic E-state index is 11.3. The molecule has 1 rings (SSSR count). The lowest BCUT2D eigenvalue weighted by Crippen LogP contribution is -2.44. The third kappa shape index (κ3) is 3.73. The number of hydrogen-bond acceptors (Lipinski definition) is 3. The van der Waals surface area contributed by atoms with Crippen LogP contribution in [0.25, 0.3) is 0 Å². The average Bonchev–Trinajstić information content (AvgIpc) is 2.26. The molecule has 1 aromatic rings. The summed E-state index contributed by atoms with van der Waals surface area (Å²) in [6.45, 7) is 0. The number of rotatable bonds is 2. The molecule has 0 spiro atoms. The summed E-state index contributed by atoms with van der Waals surface area (Å²) in [4.78, 5) is 24.7. The van der Waals surface area contributed by atoms with Gasteiger partial charge in [-0.2, -0.15) is 0 Å². The number of alkyl halides is 2. The van der Waals surface area contributed by atoms with Crippen LogP contribution in [-0.2, 0) is 4.79 Å². The summed E-state index contributed by atoms with van der Waals surface area (Å²) < 4.78 is 0. The van der Waals surface area contributed by atoms with Crippen molar-refractivity contribution < 1.29 is 9.59 Å². The minimum absolute atomic E-state index is 0.179. The lowest BCUT2D eigenvalue weighted by molar-refractivity contribution is -0.120. The van der Waals surface area contributed by atoms with Gasteiger partial charge in [0.15, 0.2) is 4.84 Å². The summed E-state index contributed by atoms with van der Waals surface area (Å²) in [6, 6.07) is 4.82. The van der Waals surface area contributed by atoms with E-state index in [1.165, 1.54) is 12.3 Å². The number of carbonyl (C=O) groups excluding carboxylic acids is 2. The molecule has 1 aromatic heterocycles. The topological polar surface area (TPSA) is 71.1 Å². The predicted molar refractivity (Wildman–Crippen MR) is 55.3 cm³/mol. The Kier molecular flexibility index (Phi) is 4.33. The number of carbonyl (C=O) groups is 2. The van der Waals surface area contributed by atoms with Gasteiger partial charge in [0.2, 0.25) is 0 Å². The van der Waals surface area contributed by atoms with E-state index in [0.29, 0.717) is 0 Å². The molecule has 5 nitrogen and oxygen atoms in total. The van der Waals surface area contributed by atoms with Crippen molar-refractivity contribution in [3.05, 3.63) is 30.1 Å².